The van der Waals surface area contributed by atoms with Crippen LogP contribution in [-0.2, 0) is 9.53 Å². The van der Waals surface area contributed by atoms with Gasteiger partial charge in [-0.3, -0.25) is 14.9 Å². The number of carbonyl (C=O) groups is 2. The molecule has 0 saturated heterocycles. The van der Waals surface area contributed by atoms with Crippen molar-refractivity contribution in [3.05, 3.63) is 86.7 Å². The van der Waals surface area contributed by atoms with Gasteiger partial charge in [0.1, 0.15) is 5.69 Å². The molecule has 0 atom stereocenters. The number of esters is 1. The predicted molar refractivity (Wildman–Crippen MR) is 117 cm³/mol. The molecule has 3 aromatic rings. The fourth-order valence-electron chi connectivity index (χ4n) is 3.32. The van der Waals surface area contributed by atoms with Crippen LogP contribution in [0.3, 0.4) is 0 Å². The largest absolute Gasteiger partial charge is 0.452 e. The first-order valence-corrected chi connectivity index (χ1v) is 9.66. The van der Waals surface area contributed by atoms with Gasteiger partial charge < -0.3 is 14.6 Å². The van der Waals surface area contributed by atoms with Crippen molar-refractivity contribution < 1.29 is 19.2 Å². The molecule has 0 aliphatic carbocycles. The van der Waals surface area contributed by atoms with Crippen molar-refractivity contribution in [2.24, 2.45) is 0 Å². The lowest BCUT2D eigenvalue weighted by atomic mass is 10.1. The van der Waals surface area contributed by atoms with Crippen molar-refractivity contribution in [2.75, 3.05) is 11.9 Å². The fraction of sp³-hybridized carbons (Fsp3) is 0.217. The van der Waals surface area contributed by atoms with E-state index in [1.165, 1.54) is 6.07 Å². The minimum atomic E-state index is -0.655. The maximum absolute atomic E-state index is 12.3. The highest BCUT2D eigenvalue weighted by atomic mass is 16.6. The molecule has 160 valence electrons. The predicted octanol–water partition coefficient (Wildman–Crippen LogP) is 4.41. The van der Waals surface area contributed by atoms with Crippen LogP contribution in [0.1, 0.15) is 32.9 Å². The highest BCUT2D eigenvalue weighted by molar-refractivity contribution is 5.97. The van der Waals surface area contributed by atoms with Crippen molar-refractivity contribution in [2.45, 2.75) is 27.7 Å². The number of rotatable bonds is 6. The second-order valence-corrected chi connectivity index (χ2v) is 7.28. The Balaban J connectivity index is 1.66. The van der Waals surface area contributed by atoms with Crippen LogP contribution in [0, 0.1) is 37.8 Å². The zero-order chi connectivity index (χ0) is 22.7. The molecule has 0 spiro atoms. The first kappa shape index (κ1) is 21.8. The van der Waals surface area contributed by atoms with E-state index in [1.807, 2.05) is 26.0 Å². The van der Waals surface area contributed by atoms with E-state index in [9.17, 15) is 19.7 Å². The number of benzene rings is 2. The fourth-order valence-corrected chi connectivity index (χ4v) is 3.32. The molecule has 8 heteroatoms. The monoisotopic (exact) mass is 421 g/mol. The number of hydrogen-bond acceptors (Lipinski definition) is 5. The Morgan fingerprint density at radius 1 is 0.968 bits per heavy atom. The third-order valence-corrected chi connectivity index (χ3v) is 5.14. The van der Waals surface area contributed by atoms with Crippen molar-refractivity contribution >= 4 is 23.3 Å². The molecule has 1 heterocycles. The SMILES string of the molecule is Cc1ccc([N+](=O)[O-])c(NC(=O)COC(=O)c2ccc(-n3c(C)ccc3C)cc2)c1C. The van der Waals surface area contributed by atoms with Crippen LogP contribution in [-0.4, -0.2) is 28.0 Å². The number of hydrogen-bond donors (Lipinski definition) is 1. The highest BCUT2D eigenvalue weighted by Gasteiger charge is 2.20. The van der Waals surface area contributed by atoms with Gasteiger partial charge in [0.05, 0.1) is 10.5 Å². The first-order chi connectivity index (χ1) is 14.7. The standard InChI is InChI=1S/C23H23N3O5/c1-14-5-12-20(26(29)30)22(17(14)4)24-21(27)13-31-23(28)18-8-10-19(11-9-18)25-15(2)6-7-16(25)3/h5-12H,13H2,1-4H3,(H,24,27). The first-order valence-electron chi connectivity index (χ1n) is 9.66. The van der Waals surface area contributed by atoms with Gasteiger partial charge in [0.15, 0.2) is 6.61 Å². The number of nitrogens with one attached hydrogen (secondary N) is 1. The van der Waals surface area contributed by atoms with E-state index in [1.54, 1.807) is 44.2 Å². The lowest BCUT2D eigenvalue weighted by Gasteiger charge is -2.12. The molecule has 3 rings (SSSR count). The smallest absolute Gasteiger partial charge is 0.338 e. The number of nitro groups is 1. The van der Waals surface area contributed by atoms with E-state index < -0.39 is 23.4 Å². The van der Waals surface area contributed by atoms with E-state index in [0.29, 0.717) is 11.1 Å². The molecule has 31 heavy (non-hydrogen) atoms. The zero-order valence-electron chi connectivity index (χ0n) is 17.8. The number of amides is 1. The summed E-state index contributed by atoms with van der Waals surface area (Å²) in [7, 11) is 0. The third kappa shape index (κ3) is 4.63. The average Bonchev–Trinajstić information content (AvgIpc) is 3.07. The number of ether oxygens (including phenoxy) is 1. The van der Waals surface area contributed by atoms with Gasteiger partial charge >= 0.3 is 5.97 Å². The van der Waals surface area contributed by atoms with Gasteiger partial charge in [0.2, 0.25) is 0 Å². The number of aryl methyl sites for hydroxylation is 3. The van der Waals surface area contributed by atoms with Crippen LogP contribution in [0.5, 0.6) is 0 Å². The van der Waals surface area contributed by atoms with Crippen LogP contribution in [0.25, 0.3) is 5.69 Å². The second kappa shape index (κ2) is 8.83. The Hall–Kier alpha value is -3.94. The van der Waals surface area contributed by atoms with Crippen LogP contribution < -0.4 is 5.32 Å². The van der Waals surface area contributed by atoms with Crippen molar-refractivity contribution in [3.8, 4) is 5.69 Å². The molecule has 0 radical (unpaired) electrons. The lowest BCUT2D eigenvalue weighted by Crippen LogP contribution is -2.22. The molecular formula is C23H23N3O5. The van der Waals surface area contributed by atoms with Gasteiger partial charge in [-0.25, -0.2) is 4.79 Å². The van der Waals surface area contributed by atoms with E-state index in [0.717, 1.165) is 22.6 Å². The number of nitro benzene ring substituents is 1. The Labute approximate surface area is 179 Å². The highest BCUT2D eigenvalue weighted by Crippen LogP contribution is 2.30. The summed E-state index contributed by atoms with van der Waals surface area (Å²) < 4.78 is 7.14. The van der Waals surface area contributed by atoms with Gasteiger partial charge in [0.25, 0.3) is 11.6 Å². The number of aromatic nitrogens is 1. The molecular weight excluding hydrogens is 398 g/mol. The van der Waals surface area contributed by atoms with Crippen LogP contribution in [0.4, 0.5) is 11.4 Å². The van der Waals surface area contributed by atoms with Crippen LogP contribution in [0.2, 0.25) is 0 Å². The summed E-state index contributed by atoms with van der Waals surface area (Å²) in [5.41, 5.74) is 4.64. The molecule has 1 N–H and O–H groups in total. The number of nitrogens with zero attached hydrogens (tertiary/aromatic N) is 2. The van der Waals surface area contributed by atoms with E-state index >= 15 is 0 Å². The molecule has 0 aliphatic heterocycles. The summed E-state index contributed by atoms with van der Waals surface area (Å²) in [5, 5.41) is 13.7. The van der Waals surface area contributed by atoms with Crippen molar-refractivity contribution in [1.29, 1.82) is 0 Å². The lowest BCUT2D eigenvalue weighted by molar-refractivity contribution is -0.384. The van der Waals surface area contributed by atoms with E-state index in [4.69, 9.17) is 4.74 Å². The average molecular weight is 421 g/mol. The number of anilines is 1. The molecule has 0 bridgehead atoms. The second-order valence-electron chi connectivity index (χ2n) is 7.28. The van der Waals surface area contributed by atoms with Crippen LogP contribution in [0.15, 0.2) is 48.5 Å². The molecule has 0 unspecified atom stereocenters. The molecule has 0 fully saturated rings. The topological polar surface area (TPSA) is 103 Å². The van der Waals surface area contributed by atoms with Crippen molar-refractivity contribution in [1.82, 2.24) is 4.57 Å². The zero-order valence-corrected chi connectivity index (χ0v) is 17.8. The summed E-state index contributed by atoms with van der Waals surface area (Å²) in [5.74, 6) is -1.31. The number of carbonyl (C=O) groups excluding carboxylic acids is 2. The van der Waals surface area contributed by atoms with Gasteiger partial charge in [0, 0.05) is 23.1 Å². The third-order valence-electron chi connectivity index (χ3n) is 5.14. The molecule has 8 nitrogen and oxygen atoms in total. The Bertz CT molecular complexity index is 1140. The van der Waals surface area contributed by atoms with E-state index in [-0.39, 0.29) is 11.4 Å². The van der Waals surface area contributed by atoms with E-state index in [2.05, 4.69) is 9.88 Å². The Morgan fingerprint density at radius 2 is 1.58 bits per heavy atom. The summed E-state index contributed by atoms with van der Waals surface area (Å²) in [6, 6.07) is 13.8. The maximum atomic E-state index is 12.3. The molecule has 2 aromatic carbocycles. The Morgan fingerprint density at radius 3 is 2.16 bits per heavy atom. The summed E-state index contributed by atoms with van der Waals surface area (Å²) >= 11 is 0. The van der Waals surface area contributed by atoms with Gasteiger partial charge in [-0.1, -0.05) is 6.07 Å². The Kier molecular flexibility index (Phi) is 6.20. The summed E-state index contributed by atoms with van der Waals surface area (Å²) in [4.78, 5) is 35.2. The summed E-state index contributed by atoms with van der Waals surface area (Å²) in [6.07, 6.45) is 0. The quantitative estimate of drug-likeness (QED) is 0.361. The normalized spacial score (nSPS) is 10.6. The minimum Gasteiger partial charge on any atom is -0.452 e. The summed E-state index contributed by atoms with van der Waals surface area (Å²) in [6.45, 7) is 6.90. The van der Waals surface area contributed by atoms with Gasteiger partial charge in [-0.2, -0.15) is 0 Å². The molecule has 1 aromatic heterocycles. The maximum Gasteiger partial charge on any atom is 0.338 e. The van der Waals surface area contributed by atoms with Gasteiger partial charge in [-0.05, 0) is 75.2 Å². The molecule has 0 saturated carbocycles. The van der Waals surface area contributed by atoms with Crippen LogP contribution >= 0.6 is 0 Å². The van der Waals surface area contributed by atoms with Crippen molar-refractivity contribution in [3.63, 3.8) is 0 Å². The minimum absolute atomic E-state index is 0.105. The van der Waals surface area contributed by atoms with Gasteiger partial charge in [-0.15, -0.1) is 0 Å². The molecule has 1 amide bonds. The molecule has 0 aliphatic rings.